The standard InChI is InChI=1S/C19H17N3O3S/c1-3-25-19(23)17-15(12-26-13-7-5-4-6-8-13)21-18-14(11-20)16(24-2)9-10-22(17)18/h4-10H,3,12H2,1-2H3. The minimum absolute atomic E-state index is 0.262. The van der Waals surface area contributed by atoms with E-state index in [9.17, 15) is 10.1 Å². The molecule has 132 valence electrons. The van der Waals surface area contributed by atoms with Gasteiger partial charge in [0.2, 0.25) is 0 Å². The van der Waals surface area contributed by atoms with Gasteiger partial charge in [-0.15, -0.1) is 11.8 Å². The van der Waals surface area contributed by atoms with Gasteiger partial charge in [-0.1, -0.05) is 18.2 Å². The number of hydrogen-bond donors (Lipinski definition) is 0. The molecule has 1 aromatic carbocycles. The van der Waals surface area contributed by atoms with E-state index in [4.69, 9.17) is 9.47 Å². The van der Waals surface area contributed by atoms with Gasteiger partial charge in [-0.25, -0.2) is 9.78 Å². The Labute approximate surface area is 155 Å². The summed E-state index contributed by atoms with van der Waals surface area (Å²) in [5.41, 5.74) is 1.58. The Bertz CT molecular complexity index is 977. The van der Waals surface area contributed by atoms with Gasteiger partial charge in [-0.2, -0.15) is 5.26 Å². The van der Waals surface area contributed by atoms with Crippen molar-refractivity contribution >= 4 is 23.4 Å². The van der Waals surface area contributed by atoms with Crippen molar-refractivity contribution in [3.63, 3.8) is 0 Å². The maximum Gasteiger partial charge on any atom is 0.357 e. The summed E-state index contributed by atoms with van der Waals surface area (Å²) in [5, 5.41) is 9.49. The van der Waals surface area contributed by atoms with Gasteiger partial charge >= 0.3 is 5.97 Å². The first-order valence-electron chi connectivity index (χ1n) is 8.02. The lowest BCUT2D eigenvalue weighted by Gasteiger charge is -2.06. The molecule has 26 heavy (non-hydrogen) atoms. The first-order valence-corrected chi connectivity index (χ1v) is 9.01. The second-order valence-electron chi connectivity index (χ2n) is 5.29. The van der Waals surface area contributed by atoms with Crippen molar-refractivity contribution in [2.75, 3.05) is 13.7 Å². The molecule has 0 aliphatic rings. The van der Waals surface area contributed by atoms with Crippen LogP contribution in [0.1, 0.15) is 28.7 Å². The Morgan fingerprint density at radius 3 is 2.73 bits per heavy atom. The highest BCUT2D eigenvalue weighted by Gasteiger charge is 2.23. The van der Waals surface area contributed by atoms with Crippen LogP contribution in [0.4, 0.5) is 0 Å². The summed E-state index contributed by atoms with van der Waals surface area (Å²) in [4.78, 5) is 18.1. The number of methoxy groups -OCH3 is 1. The van der Waals surface area contributed by atoms with Gasteiger partial charge in [0, 0.05) is 16.8 Å². The van der Waals surface area contributed by atoms with Crippen molar-refractivity contribution in [3.05, 3.63) is 59.5 Å². The number of fused-ring (bicyclic) bond motifs is 1. The van der Waals surface area contributed by atoms with Crippen LogP contribution in [0.3, 0.4) is 0 Å². The summed E-state index contributed by atoms with van der Waals surface area (Å²) in [7, 11) is 1.49. The molecular weight excluding hydrogens is 350 g/mol. The smallest absolute Gasteiger partial charge is 0.357 e. The molecule has 0 amide bonds. The Morgan fingerprint density at radius 2 is 2.08 bits per heavy atom. The highest BCUT2D eigenvalue weighted by molar-refractivity contribution is 7.98. The summed E-state index contributed by atoms with van der Waals surface area (Å²) in [5.74, 6) is 0.438. The first kappa shape index (κ1) is 17.8. The fourth-order valence-corrected chi connectivity index (χ4v) is 3.45. The van der Waals surface area contributed by atoms with Crippen LogP contribution in [0.25, 0.3) is 5.65 Å². The van der Waals surface area contributed by atoms with E-state index in [1.165, 1.54) is 7.11 Å². The lowest BCUT2D eigenvalue weighted by Crippen LogP contribution is -2.10. The van der Waals surface area contributed by atoms with E-state index in [1.54, 1.807) is 35.3 Å². The van der Waals surface area contributed by atoms with E-state index in [1.807, 2.05) is 30.3 Å². The van der Waals surface area contributed by atoms with Gasteiger partial charge in [-0.05, 0) is 25.1 Å². The molecular formula is C19H17N3O3S. The lowest BCUT2D eigenvalue weighted by molar-refractivity contribution is 0.0517. The fraction of sp³-hybridized carbons (Fsp3) is 0.211. The molecule has 0 saturated heterocycles. The van der Waals surface area contributed by atoms with Gasteiger partial charge in [0.15, 0.2) is 11.3 Å². The number of ether oxygens (including phenoxy) is 2. The average molecular weight is 367 g/mol. The zero-order valence-corrected chi connectivity index (χ0v) is 15.2. The molecule has 3 aromatic rings. The number of thioether (sulfide) groups is 1. The van der Waals surface area contributed by atoms with Crippen molar-refractivity contribution < 1.29 is 14.3 Å². The summed E-state index contributed by atoms with van der Waals surface area (Å²) in [6.45, 7) is 2.02. The molecule has 7 heteroatoms. The molecule has 0 atom stereocenters. The third kappa shape index (κ3) is 3.37. The number of pyridine rings is 1. The van der Waals surface area contributed by atoms with Gasteiger partial charge < -0.3 is 9.47 Å². The lowest BCUT2D eigenvalue weighted by atomic mass is 10.2. The molecule has 0 unspecified atom stereocenters. The minimum Gasteiger partial charge on any atom is -0.495 e. The topological polar surface area (TPSA) is 76.6 Å². The largest absolute Gasteiger partial charge is 0.495 e. The number of aromatic nitrogens is 2. The van der Waals surface area contributed by atoms with E-state index in [0.29, 0.717) is 28.5 Å². The van der Waals surface area contributed by atoms with Gasteiger partial charge in [-0.3, -0.25) is 4.40 Å². The molecule has 2 aromatic heterocycles. The fourth-order valence-electron chi connectivity index (χ4n) is 2.60. The number of nitriles is 1. The van der Waals surface area contributed by atoms with Crippen molar-refractivity contribution in [2.24, 2.45) is 0 Å². The highest BCUT2D eigenvalue weighted by Crippen LogP contribution is 2.28. The predicted molar refractivity (Wildman–Crippen MR) is 98.4 cm³/mol. The number of carbonyl (C=O) groups is 1. The monoisotopic (exact) mass is 367 g/mol. The molecule has 2 heterocycles. The van der Waals surface area contributed by atoms with Gasteiger partial charge in [0.1, 0.15) is 17.4 Å². The molecule has 0 radical (unpaired) electrons. The van der Waals surface area contributed by atoms with E-state index >= 15 is 0 Å². The first-order chi connectivity index (χ1) is 12.7. The Balaban J connectivity index is 2.09. The number of hydrogen-bond acceptors (Lipinski definition) is 6. The number of rotatable bonds is 6. The predicted octanol–water partition coefficient (Wildman–Crippen LogP) is 3.68. The van der Waals surface area contributed by atoms with Crippen molar-refractivity contribution in [1.82, 2.24) is 9.38 Å². The summed E-state index contributed by atoms with van der Waals surface area (Å²) < 4.78 is 12.0. The Morgan fingerprint density at radius 1 is 1.31 bits per heavy atom. The van der Waals surface area contributed by atoms with Gasteiger partial charge in [0.25, 0.3) is 0 Å². The summed E-state index contributed by atoms with van der Waals surface area (Å²) in [6, 6.07) is 13.6. The number of benzene rings is 1. The quantitative estimate of drug-likeness (QED) is 0.489. The number of imidazole rings is 1. The zero-order valence-electron chi connectivity index (χ0n) is 14.4. The van der Waals surface area contributed by atoms with Crippen LogP contribution >= 0.6 is 11.8 Å². The normalized spacial score (nSPS) is 10.5. The van der Waals surface area contributed by atoms with Crippen molar-refractivity contribution in [2.45, 2.75) is 17.6 Å². The summed E-state index contributed by atoms with van der Waals surface area (Å²) >= 11 is 1.56. The van der Waals surface area contributed by atoms with Crippen molar-refractivity contribution in [3.8, 4) is 11.8 Å². The van der Waals surface area contributed by atoms with Crippen molar-refractivity contribution in [1.29, 1.82) is 5.26 Å². The molecule has 0 bridgehead atoms. The van der Waals surface area contributed by atoms with Crippen LogP contribution < -0.4 is 4.74 Å². The highest BCUT2D eigenvalue weighted by atomic mass is 32.2. The maximum atomic E-state index is 12.5. The second-order valence-corrected chi connectivity index (χ2v) is 6.34. The molecule has 0 aliphatic heterocycles. The molecule has 3 rings (SSSR count). The van der Waals surface area contributed by atoms with Crippen LogP contribution in [-0.2, 0) is 10.5 Å². The van der Waals surface area contributed by atoms with Crippen LogP contribution in [0.5, 0.6) is 5.75 Å². The van der Waals surface area contributed by atoms with E-state index in [2.05, 4.69) is 11.1 Å². The molecule has 0 spiro atoms. The Hall–Kier alpha value is -2.98. The Kier molecular flexibility index (Phi) is 5.44. The van der Waals surface area contributed by atoms with Crippen LogP contribution in [-0.4, -0.2) is 29.1 Å². The van der Waals surface area contributed by atoms with Crippen LogP contribution in [0, 0.1) is 11.3 Å². The maximum absolute atomic E-state index is 12.5. The van der Waals surface area contributed by atoms with E-state index < -0.39 is 5.97 Å². The van der Waals surface area contributed by atoms with E-state index in [-0.39, 0.29) is 12.2 Å². The van der Waals surface area contributed by atoms with E-state index in [0.717, 1.165) is 4.90 Å². The molecule has 0 N–H and O–H groups in total. The third-order valence-corrected chi connectivity index (χ3v) is 4.77. The molecule has 0 saturated carbocycles. The SMILES string of the molecule is CCOC(=O)c1c(CSc2ccccc2)nc2c(C#N)c(OC)ccn12. The molecule has 0 fully saturated rings. The van der Waals surface area contributed by atoms with Crippen LogP contribution in [0.2, 0.25) is 0 Å². The number of nitrogens with zero attached hydrogens (tertiary/aromatic N) is 3. The minimum atomic E-state index is -0.460. The number of esters is 1. The van der Waals surface area contributed by atoms with Gasteiger partial charge in [0.05, 0.1) is 19.4 Å². The second kappa shape index (κ2) is 7.93. The number of carbonyl (C=O) groups excluding carboxylic acids is 1. The third-order valence-electron chi connectivity index (χ3n) is 3.75. The summed E-state index contributed by atoms with van der Waals surface area (Å²) in [6.07, 6.45) is 1.67. The zero-order chi connectivity index (χ0) is 18.5. The van der Waals surface area contributed by atoms with Crippen LogP contribution in [0.15, 0.2) is 47.5 Å². The molecule has 0 aliphatic carbocycles. The average Bonchev–Trinajstić information content (AvgIpc) is 3.05. The molecule has 6 nitrogen and oxygen atoms in total.